The lowest BCUT2D eigenvalue weighted by Crippen LogP contribution is -2.44. The van der Waals surface area contributed by atoms with Gasteiger partial charge in [0.1, 0.15) is 5.60 Å². The van der Waals surface area contributed by atoms with Crippen molar-refractivity contribution in [2.75, 3.05) is 25.0 Å². The van der Waals surface area contributed by atoms with Gasteiger partial charge < -0.3 is 15.0 Å². The van der Waals surface area contributed by atoms with Crippen LogP contribution in [-0.2, 0) is 4.74 Å². The highest BCUT2D eigenvalue weighted by molar-refractivity contribution is 5.68. The molecule has 1 aromatic rings. The van der Waals surface area contributed by atoms with Crippen LogP contribution in [-0.4, -0.2) is 41.2 Å². The van der Waals surface area contributed by atoms with E-state index in [2.05, 4.69) is 22.4 Å². The number of nitrogens with one attached hydrogen (secondary N) is 1. The third-order valence-electron chi connectivity index (χ3n) is 3.85. The third kappa shape index (κ3) is 5.73. The number of aryl methyl sites for hydroxylation is 2. The molecule has 1 amide bonds. The van der Waals surface area contributed by atoms with E-state index in [1.54, 1.807) is 0 Å². The van der Waals surface area contributed by atoms with E-state index in [0.29, 0.717) is 5.92 Å². The van der Waals surface area contributed by atoms with Gasteiger partial charge in [-0.3, -0.25) is 4.98 Å². The van der Waals surface area contributed by atoms with Crippen molar-refractivity contribution >= 4 is 11.8 Å². The molecule has 5 nitrogen and oxygen atoms in total. The molecular formula is C18H29N3O2. The number of amides is 1. The van der Waals surface area contributed by atoms with Gasteiger partial charge in [0, 0.05) is 36.7 Å². The number of carbonyl (C=O) groups excluding carboxylic acids is 1. The van der Waals surface area contributed by atoms with E-state index in [1.807, 2.05) is 39.5 Å². The normalized spacial score (nSPS) is 18.7. The number of rotatable bonds is 3. The Hall–Kier alpha value is -1.78. The maximum Gasteiger partial charge on any atom is 0.410 e. The first-order valence-corrected chi connectivity index (χ1v) is 8.40. The summed E-state index contributed by atoms with van der Waals surface area (Å²) in [6.07, 6.45) is 1.97. The van der Waals surface area contributed by atoms with Crippen molar-refractivity contribution in [3.63, 3.8) is 0 Å². The van der Waals surface area contributed by atoms with E-state index >= 15 is 0 Å². The second-order valence-electron chi connectivity index (χ2n) is 7.45. The maximum atomic E-state index is 12.2. The average Bonchev–Trinajstić information content (AvgIpc) is 2.43. The molecule has 1 saturated heterocycles. The summed E-state index contributed by atoms with van der Waals surface area (Å²) in [7, 11) is 0. The summed E-state index contributed by atoms with van der Waals surface area (Å²) in [5.74, 6) is 0.449. The molecule has 1 aliphatic rings. The van der Waals surface area contributed by atoms with E-state index in [9.17, 15) is 4.79 Å². The molecule has 2 heterocycles. The minimum atomic E-state index is -0.436. The Morgan fingerprint density at radius 2 is 2.00 bits per heavy atom. The highest BCUT2D eigenvalue weighted by Gasteiger charge is 2.27. The Balaban J connectivity index is 1.87. The number of anilines is 1. The van der Waals surface area contributed by atoms with E-state index < -0.39 is 5.60 Å². The zero-order valence-electron chi connectivity index (χ0n) is 15.0. The number of aromatic nitrogens is 1. The molecule has 0 aliphatic carbocycles. The lowest BCUT2D eigenvalue weighted by molar-refractivity contribution is 0.0172. The molecule has 1 atom stereocenters. The second kappa shape index (κ2) is 7.20. The first kappa shape index (κ1) is 17.6. The van der Waals surface area contributed by atoms with Gasteiger partial charge in [0.2, 0.25) is 0 Å². The van der Waals surface area contributed by atoms with Gasteiger partial charge in [0.25, 0.3) is 0 Å². The van der Waals surface area contributed by atoms with Crippen molar-refractivity contribution in [3.05, 3.63) is 23.5 Å². The minimum absolute atomic E-state index is 0.196. The van der Waals surface area contributed by atoms with Gasteiger partial charge in [0.15, 0.2) is 0 Å². The molecule has 0 saturated carbocycles. The number of piperidine rings is 1. The van der Waals surface area contributed by atoms with Crippen molar-refractivity contribution in [2.45, 2.75) is 53.1 Å². The summed E-state index contributed by atoms with van der Waals surface area (Å²) >= 11 is 0. The Bertz CT molecular complexity index is 531. The predicted octanol–water partition coefficient (Wildman–Crippen LogP) is 3.76. The zero-order valence-corrected chi connectivity index (χ0v) is 15.0. The molecule has 2 rings (SSSR count). The van der Waals surface area contributed by atoms with Crippen molar-refractivity contribution < 1.29 is 9.53 Å². The number of hydrogen-bond donors (Lipinski definition) is 1. The molecule has 128 valence electrons. The van der Waals surface area contributed by atoms with Gasteiger partial charge in [-0.15, -0.1) is 0 Å². The quantitative estimate of drug-likeness (QED) is 0.921. The zero-order chi connectivity index (χ0) is 17.0. The number of ether oxygens (including phenoxy) is 1. The number of likely N-dealkylation sites (tertiary alicyclic amines) is 1. The average molecular weight is 319 g/mol. The Morgan fingerprint density at radius 3 is 2.61 bits per heavy atom. The highest BCUT2D eigenvalue weighted by atomic mass is 16.6. The summed E-state index contributed by atoms with van der Waals surface area (Å²) in [4.78, 5) is 18.4. The first-order valence-electron chi connectivity index (χ1n) is 8.40. The largest absolute Gasteiger partial charge is 0.444 e. The van der Waals surface area contributed by atoms with Crippen LogP contribution < -0.4 is 5.32 Å². The SMILES string of the molecule is Cc1cc(NCC2CCCN(C(=O)OC(C)(C)C)C2)cc(C)n1. The monoisotopic (exact) mass is 319 g/mol. The van der Waals surface area contributed by atoms with E-state index in [0.717, 1.165) is 49.6 Å². The number of hydrogen-bond acceptors (Lipinski definition) is 4. The molecular weight excluding hydrogens is 290 g/mol. The molecule has 0 aromatic carbocycles. The standard InChI is InChI=1S/C18H29N3O2/c1-13-9-16(10-14(2)20-13)19-11-15-7-6-8-21(12-15)17(22)23-18(3,4)5/h9-10,15H,6-8,11-12H2,1-5H3,(H,19,20). The van der Waals surface area contributed by atoms with Crippen molar-refractivity contribution in [2.24, 2.45) is 5.92 Å². The van der Waals surface area contributed by atoms with Gasteiger partial charge >= 0.3 is 6.09 Å². The van der Waals surface area contributed by atoms with Gasteiger partial charge in [-0.2, -0.15) is 0 Å². The van der Waals surface area contributed by atoms with Crippen LogP contribution >= 0.6 is 0 Å². The summed E-state index contributed by atoms with van der Waals surface area (Å²) in [5, 5.41) is 3.48. The van der Waals surface area contributed by atoms with Crippen LogP contribution in [0, 0.1) is 19.8 Å². The van der Waals surface area contributed by atoms with E-state index in [1.165, 1.54) is 0 Å². The molecule has 0 spiro atoms. The van der Waals surface area contributed by atoms with Gasteiger partial charge in [-0.25, -0.2) is 4.79 Å². The predicted molar refractivity (Wildman–Crippen MR) is 92.7 cm³/mol. The summed E-state index contributed by atoms with van der Waals surface area (Å²) in [6, 6.07) is 4.11. The van der Waals surface area contributed by atoms with Crippen LogP contribution in [0.3, 0.4) is 0 Å². The lowest BCUT2D eigenvalue weighted by atomic mass is 9.98. The molecule has 1 aliphatic heterocycles. The van der Waals surface area contributed by atoms with Crippen LogP contribution in [0.2, 0.25) is 0 Å². The van der Waals surface area contributed by atoms with Crippen LogP contribution in [0.1, 0.15) is 45.0 Å². The Labute approximate surface area is 139 Å². The third-order valence-corrected chi connectivity index (χ3v) is 3.85. The van der Waals surface area contributed by atoms with Crippen molar-refractivity contribution in [3.8, 4) is 0 Å². The summed E-state index contributed by atoms with van der Waals surface area (Å²) in [5.41, 5.74) is 2.71. The fourth-order valence-corrected chi connectivity index (χ4v) is 2.92. The van der Waals surface area contributed by atoms with Crippen LogP contribution in [0.4, 0.5) is 10.5 Å². The topological polar surface area (TPSA) is 54.5 Å². The van der Waals surface area contributed by atoms with Gasteiger partial charge in [-0.1, -0.05) is 0 Å². The van der Waals surface area contributed by atoms with Crippen molar-refractivity contribution in [1.29, 1.82) is 0 Å². The lowest BCUT2D eigenvalue weighted by Gasteiger charge is -2.34. The molecule has 0 radical (unpaired) electrons. The number of nitrogens with zero attached hydrogens (tertiary/aromatic N) is 2. The van der Waals surface area contributed by atoms with E-state index in [4.69, 9.17) is 4.74 Å². The maximum absolute atomic E-state index is 12.2. The molecule has 1 aromatic heterocycles. The summed E-state index contributed by atoms with van der Waals surface area (Å²) < 4.78 is 5.48. The Morgan fingerprint density at radius 1 is 1.35 bits per heavy atom. The second-order valence-corrected chi connectivity index (χ2v) is 7.45. The van der Waals surface area contributed by atoms with Crippen LogP contribution in [0.15, 0.2) is 12.1 Å². The fraction of sp³-hybridized carbons (Fsp3) is 0.667. The molecule has 1 unspecified atom stereocenters. The number of pyridine rings is 1. The molecule has 5 heteroatoms. The van der Waals surface area contributed by atoms with Crippen LogP contribution in [0.25, 0.3) is 0 Å². The summed E-state index contributed by atoms with van der Waals surface area (Å²) in [6.45, 7) is 12.1. The van der Waals surface area contributed by atoms with Gasteiger partial charge in [0.05, 0.1) is 0 Å². The first-order chi connectivity index (χ1) is 10.7. The fourth-order valence-electron chi connectivity index (χ4n) is 2.92. The number of carbonyl (C=O) groups is 1. The molecule has 0 bridgehead atoms. The molecule has 1 N–H and O–H groups in total. The molecule has 1 fully saturated rings. The van der Waals surface area contributed by atoms with Crippen LogP contribution in [0.5, 0.6) is 0 Å². The highest BCUT2D eigenvalue weighted by Crippen LogP contribution is 2.20. The van der Waals surface area contributed by atoms with Crippen molar-refractivity contribution in [1.82, 2.24) is 9.88 Å². The van der Waals surface area contributed by atoms with Gasteiger partial charge in [-0.05, 0) is 65.5 Å². The van der Waals surface area contributed by atoms with E-state index in [-0.39, 0.29) is 6.09 Å². The smallest absolute Gasteiger partial charge is 0.410 e. The minimum Gasteiger partial charge on any atom is -0.444 e. The Kier molecular flexibility index (Phi) is 5.50. The molecule has 23 heavy (non-hydrogen) atoms.